The fraction of sp³-hybridized carbons (Fsp3) is 0.364. The lowest BCUT2D eigenvalue weighted by Gasteiger charge is -2.39. The highest BCUT2D eigenvalue weighted by molar-refractivity contribution is 6.30. The van der Waals surface area contributed by atoms with Gasteiger partial charge in [-0.3, -0.25) is 9.59 Å². The number of fused-ring (bicyclic) bond motifs is 1. The van der Waals surface area contributed by atoms with E-state index in [0.717, 1.165) is 11.6 Å². The third-order valence-corrected chi connectivity index (χ3v) is 6.06. The number of hydrogen-bond acceptors (Lipinski definition) is 4. The van der Waals surface area contributed by atoms with Crippen LogP contribution in [0.2, 0.25) is 5.02 Å². The van der Waals surface area contributed by atoms with Crippen LogP contribution in [0.25, 0.3) is 0 Å². The quantitative estimate of drug-likeness (QED) is 0.702. The Morgan fingerprint density at radius 1 is 1.13 bits per heavy atom. The summed E-state index contributed by atoms with van der Waals surface area (Å²) < 4.78 is 40.8. The number of carbonyl (C=O) groups is 2. The Morgan fingerprint density at radius 3 is 2.42 bits per heavy atom. The van der Waals surface area contributed by atoms with E-state index in [1.54, 1.807) is 35.2 Å². The minimum atomic E-state index is -4.53. The molecule has 1 N–H and O–H groups in total. The van der Waals surface area contributed by atoms with Crippen LogP contribution in [0.1, 0.15) is 24.0 Å². The van der Waals surface area contributed by atoms with Crippen LogP contribution in [0.3, 0.4) is 0 Å². The van der Waals surface area contributed by atoms with Gasteiger partial charge >= 0.3 is 6.18 Å². The van der Waals surface area contributed by atoms with E-state index in [0.29, 0.717) is 42.9 Å². The van der Waals surface area contributed by atoms with Crippen molar-refractivity contribution in [1.82, 2.24) is 4.90 Å². The Kier molecular flexibility index (Phi) is 5.83. The SMILES string of the molecule is O=CC1Nc2cccc(C(F)(F)F)c2N1C1CCN(C(=O)Cc2ccc(Cl)cc2)CC1. The highest BCUT2D eigenvalue weighted by atomic mass is 35.5. The lowest BCUT2D eigenvalue weighted by Crippen LogP contribution is -2.51. The van der Waals surface area contributed by atoms with Crippen molar-refractivity contribution < 1.29 is 22.8 Å². The second kappa shape index (κ2) is 8.42. The molecule has 0 bridgehead atoms. The Morgan fingerprint density at radius 2 is 1.81 bits per heavy atom. The van der Waals surface area contributed by atoms with E-state index in [1.165, 1.54) is 11.0 Å². The lowest BCUT2D eigenvalue weighted by atomic mass is 10.00. The van der Waals surface area contributed by atoms with Gasteiger partial charge < -0.3 is 15.1 Å². The topological polar surface area (TPSA) is 52.7 Å². The number of hydrogen-bond donors (Lipinski definition) is 1. The number of piperidine rings is 1. The monoisotopic (exact) mass is 451 g/mol. The van der Waals surface area contributed by atoms with Gasteiger partial charge in [0, 0.05) is 24.2 Å². The highest BCUT2D eigenvalue weighted by Crippen LogP contribution is 2.46. The molecule has 2 aromatic rings. The second-order valence-corrected chi connectivity index (χ2v) is 8.18. The summed E-state index contributed by atoms with van der Waals surface area (Å²) in [4.78, 5) is 27.5. The number of anilines is 2. The molecular formula is C22H21ClF3N3O2. The summed E-state index contributed by atoms with van der Waals surface area (Å²) in [7, 11) is 0. The third-order valence-electron chi connectivity index (χ3n) is 5.81. The molecule has 1 atom stereocenters. The van der Waals surface area contributed by atoms with Crippen LogP contribution >= 0.6 is 11.6 Å². The minimum absolute atomic E-state index is 0.0121. The molecule has 2 aromatic carbocycles. The van der Waals surface area contributed by atoms with E-state index in [-0.39, 0.29) is 24.1 Å². The molecule has 1 fully saturated rings. The molecule has 2 aliphatic heterocycles. The molecule has 0 spiro atoms. The zero-order valence-electron chi connectivity index (χ0n) is 16.5. The van der Waals surface area contributed by atoms with Crippen molar-refractivity contribution in [3.8, 4) is 0 Å². The molecule has 1 saturated heterocycles. The standard InChI is InChI=1S/C22H21ClF3N3O2/c23-15-6-4-14(5-7-15)12-20(31)28-10-8-16(9-11-28)29-19(13-30)27-18-3-1-2-17(21(18)29)22(24,25)26/h1-7,13,16,19,27H,8-12H2. The first-order chi connectivity index (χ1) is 14.8. The minimum Gasteiger partial charge on any atom is -0.358 e. The third kappa shape index (κ3) is 4.35. The van der Waals surface area contributed by atoms with Crippen molar-refractivity contribution in [3.05, 3.63) is 58.6 Å². The van der Waals surface area contributed by atoms with Gasteiger partial charge in [0.1, 0.15) is 0 Å². The number of benzene rings is 2. The van der Waals surface area contributed by atoms with Crippen LogP contribution in [0, 0.1) is 0 Å². The molecule has 2 heterocycles. The summed E-state index contributed by atoms with van der Waals surface area (Å²) >= 11 is 5.87. The van der Waals surface area contributed by atoms with E-state index >= 15 is 0 Å². The Hall–Kier alpha value is -2.74. The average molecular weight is 452 g/mol. The fourth-order valence-corrected chi connectivity index (χ4v) is 4.45. The van der Waals surface area contributed by atoms with Crippen LogP contribution in [0.15, 0.2) is 42.5 Å². The number of halogens is 4. The van der Waals surface area contributed by atoms with Gasteiger partial charge in [-0.2, -0.15) is 13.2 Å². The first-order valence-electron chi connectivity index (χ1n) is 10.0. The summed E-state index contributed by atoms with van der Waals surface area (Å²) in [5, 5.41) is 3.48. The number of nitrogens with one attached hydrogen (secondary N) is 1. The normalized spacial score (nSPS) is 19.2. The first kappa shape index (κ1) is 21.5. The summed E-state index contributed by atoms with van der Waals surface area (Å²) in [5.74, 6) is -0.0383. The Labute approximate surface area is 182 Å². The van der Waals surface area contributed by atoms with Crippen molar-refractivity contribution in [2.45, 2.75) is 37.6 Å². The van der Waals surface area contributed by atoms with Gasteiger partial charge in [0.05, 0.1) is 23.4 Å². The van der Waals surface area contributed by atoms with E-state index < -0.39 is 17.9 Å². The maximum absolute atomic E-state index is 13.6. The van der Waals surface area contributed by atoms with Crippen LogP contribution in [-0.2, 0) is 22.2 Å². The zero-order valence-corrected chi connectivity index (χ0v) is 17.3. The maximum Gasteiger partial charge on any atom is 0.418 e. The lowest BCUT2D eigenvalue weighted by molar-refractivity contribution is -0.137. The Bertz CT molecular complexity index is 973. The van der Waals surface area contributed by atoms with E-state index in [4.69, 9.17) is 11.6 Å². The molecule has 31 heavy (non-hydrogen) atoms. The summed E-state index contributed by atoms with van der Waals surface area (Å²) in [5.41, 5.74) is 0.402. The van der Waals surface area contributed by atoms with Gasteiger partial charge in [0.15, 0.2) is 12.5 Å². The van der Waals surface area contributed by atoms with Crippen molar-refractivity contribution in [1.29, 1.82) is 0 Å². The number of rotatable bonds is 4. The molecule has 1 unspecified atom stereocenters. The number of alkyl halides is 3. The number of aldehydes is 1. The molecule has 164 valence electrons. The highest BCUT2D eigenvalue weighted by Gasteiger charge is 2.43. The van der Waals surface area contributed by atoms with Gasteiger partial charge in [-0.1, -0.05) is 29.8 Å². The van der Waals surface area contributed by atoms with E-state index in [1.807, 2.05) is 0 Å². The van der Waals surface area contributed by atoms with Gasteiger partial charge in [0.2, 0.25) is 5.91 Å². The number of nitrogens with zero attached hydrogens (tertiary/aromatic N) is 2. The summed E-state index contributed by atoms with van der Waals surface area (Å²) in [6, 6.07) is 10.7. The number of likely N-dealkylation sites (tertiary alicyclic amines) is 1. The molecular weight excluding hydrogens is 431 g/mol. The predicted molar refractivity (Wildman–Crippen MR) is 112 cm³/mol. The van der Waals surface area contributed by atoms with Crippen LogP contribution in [0.5, 0.6) is 0 Å². The molecule has 0 radical (unpaired) electrons. The van der Waals surface area contributed by atoms with Crippen LogP contribution in [0.4, 0.5) is 24.5 Å². The molecule has 4 rings (SSSR count). The van der Waals surface area contributed by atoms with E-state index in [9.17, 15) is 22.8 Å². The largest absolute Gasteiger partial charge is 0.418 e. The summed E-state index contributed by atoms with van der Waals surface area (Å²) in [6.45, 7) is 0.839. The molecule has 0 aromatic heterocycles. The van der Waals surface area contributed by atoms with Crippen molar-refractivity contribution in [2.24, 2.45) is 0 Å². The number of para-hydroxylation sites is 1. The maximum atomic E-state index is 13.6. The predicted octanol–water partition coefficient (Wildman–Crippen LogP) is 4.35. The molecule has 2 aliphatic rings. The van der Waals surface area contributed by atoms with Crippen molar-refractivity contribution in [2.75, 3.05) is 23.3 Å². The fourth-order valence-electron chi connectivity index (χ4n) is 4.33. The number of amides is 1. The number of carbonyl (C=O) groups excluding carboxylic acids is 2. The van der Waals surface area contributed by atoms with Gasteiger partial charge in [0.25, 0.3) is 0 Å². The zero-order chi connectivity index (χ0) is 22.2. The van der Waals surface area contributed by atoms with Crippen LogP contribution in [-0.4, -0.2) is 42.4 Å². The van der Waals surface area contributed by atoms with Crippen molar-refractivity contribution in [3.63, 3.8) is 0 Å². The first-order valence-corrected chi connectivity index (χ1v) is 10.4. The van der Waals surface area contributed by atoms with Crippen molar-refractivity contribution >= 4 is 35.2 Å². The molecule has 9 heteroatoms. The van der Waals surface area contributed by atoms with Gasteiger partial charge in [-0.25, -0.2) is 0 Å². The molecule has 5 nitrogen and oxygen atoms in total. The second-order valence-electron chi connectivity index (χ2n) is 7.75. The Balaban J connectivity index is 1.48. The van der Waals surface area contributed by atoms with E-state index in [2.05, 4.69) is 5.32 Å². The van der Waals surface area contributed by atoms with Crippen LogP contribution < -0.4 is 10.2 Å². The van der Waals surface area contributed by atoms with Gasteiger partial charge in [-0.05, 0) is 42.7 Å². The molecule has 0 saturated carbocycles. The smallest absolute Gasteiger partial charge is 0.358 e. The average Bonchev–Trinajstić information content (AvgIpc) is 3.13. The molecule has 1 amide bonds. The summed E-state index contributed by atoms with van der Waals surface area (Å²) in [6.07, 6.45) is -3.57. The molecule has 0 aliphatic carbocycles. The van der Waals surface area contributed by atoms with Gasteiger partial charge in [-0.15, -0.1) is 0 Å².